The summed E-state index contributed by atoms with van der Waals surface area (Å²) >= 11 is 0. The van der Waals surface area contributed by atoms with Crippen LogP contribution >= 0.6 is 0 Å². The van der Waals surface area contributed by atoms with Gasteiger partial charge in [-0.3, -0.25) is 9.59 Å². The van der Waals surface area contributed by atoms with Gasteiger partial charge in [0.25, 0.3) is 5.56 Å². The van der Waals surface area contributed by atoms with E-state index >= 15 is 0 Å². The van der Waals surface area contributed by atoms with E-state index in [1.165, 1.54) is 19.5 Å². The Balaban J connectivity index is 2.73. The molecule has 0 saturated heterocycles. The number of hydrogen-bond donors (Lipinski definition) is 1. The summed E-state index contributed by atoms with van der Waals surface area (Å²) in [4.78, 5) is 30.7. The minimum absolute atomic E-state index is 0.276. The van der Waals surface area contributed by atoms with E-state index in [2.05, 4.69) is 14.7 Å². The van der Waals surface area contributed by atoms with Gasteiger partial charge in [0.15, 0.2) is 5.82 Å². The number of nitrogens with zero attached hydrogens (tertiary/aromatic N) is 2. The van der Waals surface area contributed by atoms with Gasteiger partial charge in [-0.05, 0) is 0 Å². The molecule has 6 nitrogen and oxygen atoms in total. The van der Waals surface area contributed by atoms with Crippen LogP contribution in [0.1, 0.15) is 6.92 Å². The SMILES string of the molecule is COC(=O)C(C)CN(C)c1ncc[nH]c1=O. The van der Waals surface area contributed by atoms with Gasteiger partial charge in [0.2, 0.25) is 0 Å². The summed E-state index contributed by atoms with van der Waals surface area (Å²) < 4.78 is 4.61. The number of hydrogen-bond acceptors (Lipinski definition) is 5. The third-order valence-electron chi connectivity index (χ3n) is 2.20. The van der Waals surface area contributed by atoms with Crippen LogP contribution < -0.4 is 10.5 Å². The quantitative estimate of drug-likeness (QED) is 0.731. The van der Waals surface area contributed by atoms with Crippen LogP contribution in [0.3, 0.4) is 0 Å². The van der Waals surface area contributed by atoms with Gasteiger partial charge in [-0.1, -0.05) is 6.92 Å². The molecule has 1 aromatic rings. The van der Waals surface area contributed by atoms with E-state index in [4.69, 9.17) is 0 Å². The van der Waals surface area contributed by atoms with Crippen LogP contribution in [0.15, 0.2) is 17.2 Å². The van der Waals surface area contributed by atoms with E-state index in [9.17, 15) is 9.59 Å². The van der Waals surface area contributed by atoms with Gasteiger partial charge < -0.3 is 14.6 Å². The first-order chi connectivity index (χ1) is 7.56. The zero-order valence-corrected chi connectivity index (χ0v) is 9.56. The summed E-state index contributed by atoms with van der Waals surface area (Å²) in [6.45, 7) is 2.12. The van der Waals surface area contributed by atoms with Crippen LogP contribution in [0, 0.1) is 5.92 Å². The fourth-order valence-electron chi connectivity index (χ4n) is 1.39. The lowest BCUT2D eigenvalue weighted by atomic mass is 10.2. The molecule has 16 heavy (non-hydrogen) atoms. The van der Waals surface area contributed by atoms with E-state index in [1.54, 1.807) is 18.9 Å². The predicted molar refractivity (Wildman–Crippen MR) is 59.3 cm³/mol. The summed E-state index contributed by atoms with van der Waals surface area (Å²) in [5.74, 6) is -0.325. The molecule has 0 aliphatic carbocycles. The van der Waals surface area contributed by atoms with Crippen LogP contribution in [0.4, 0.5) is 5.82 Å². The highest BCUT2D eigenvalue weighted by molar-refractivity contribution is 5.72. The number of rotatable bonds is 4. The Bertz CT molecular complexity index is 416. The first-order valence-corrected chi connectivity index (χ1v) is 4.89. The largest absolute Gasteiger partial charge is 0.469 e. The highest BCUT2D eigenvalue weighted by Gasteiger charge is 2.17. The Morgan fingerprint density at radius 1 is 1.69 bits per heavy atom. The number of carbonyl (C=O) groups excluding carboxylic acids is 1. The normalized spacial score (nSPS) is 11.9. The van der Waals surface area contributed by atoms with E-state index in [0.29, 0.717) is 12.4 Å². The number of ether oxygens (including phenoxy) is 1. The van der Waals surface area contributed by atoms with Crippen LogP contribution in [0.25, 0.3) is 0 Å². The van der Waals surface area contributed by atoms with Crippen molar-refractivity contribution < 1.29 is 9.53 Å². The van der Waals surface area contributed by atoms with Gasteiger partial charge in [0.05, 0.1) is 13.0 Å². The summed E-state index contributed by atoms with van der Waals surface area (Å²) in [6, 6.07) is 0. The zero-order chi connectivity index (χ0) is 12.1. The minimum atomic E-state index is -0.309. The van der Waals surface area contributed by atoms with Crippen molar-refractivity contribution in [3.63, 3.8) is 0 Å². The van der Waals surface area contributed by atoms with Gasteiger partial charge in [0, 0.05) is 26.0 Å². The lowest BCUT2D eigenvalue weighted by molar-refractivity contribution is -0.144. The van der Waals surface area contributed by atoms with Crippen molar-refractivity contribution in [3.8, 4) is 0 Å². The molecule has 0 aliphatic rings. The molecule has 1 unspecified atom stereocenters. The first kappa shape index (κ1) is 12.2. The average molecular weight is 225 g/mol. The lowest BCUT2D eigenvalue weighted by Crippen LogP contribution is -2.33. The molecule has 1 N–H and O–H groups in total. The molecule has 0 radical (unpaired) electrons. The third kappa shape index (κ3) is 2.82. The lowest BCUT2D eigenvalue weighted by Gasteiger charge is -2.19. The molecule has 1 aromatic heterocycles. The van der Waals surface area contributed by atoms with Gasteiger partial charge >= 0.3 is 5.97 Å². The maximum atomic E-state index is 11.4. The number of anilines is 1. The van der Waals surface area contributed by atoms with Gasteiger partial charge in [-0.2, -0.15) is 0 Å². The summed E-state index contributed by atoms with van der Waals surface area (Å²) in [5.41, 5.74) is -0.276. The van der Waals surface area contributed by atoms with Crippen LogP contribution in [0.5, 0.6) is 0 Å². The Hall–Kier alpha value is -1.85. The minimum Gasteiger partial charge on any atom is -0.469 e. The number of methoxy groups -OCH3 is 1. The number of esters is 1. The fraction of sp³-hybridized carbons (Fsp3) is 0.500. The molecule has 0 spiro atoms. The molecular formula is C10H15N3O3. The van der Waals surface area contributed by atoms with E-state index in [0.717, 1.165) is 0 Å². The van der Waals surface area contributed by atoms with Crippen molar-refractivity contribution in [2.75, 3.05) is 25.6 Å². The second-order valence-corrected chi connectivity index (χ2v) is 3.55. The predicted octanol–water partition coefficient (Wildman–Crippen LogP) is 0.0152. The highest BCUT2D eigenvalue weighted by Crippen LogP contribution is 2.05. The fourth-order valence-corrected chi connectivity index (χ4v) is 1.39. The molecule has 1 rings (SSSR count). The van der Waals surface area contributed by atoms with E-state index < -0.39 is 0 Å². The zero-order valence-electron chi connectivity index (χ0n) is 9.56. The molecule has 1 atom stereocenters. The Morgan fingerprint density at radius 3 is 2.94 bits per heavy atom. The van der Waals surface area contributed by atoms with Crippen LogP contribution in [-0.4, -0.2) is 36.6 Å². The topological polar surface area (TPSA) is 75.3 Å². The highest BCUT2D eigenvalue weighted by atomic mass is 16.5. The average Bonchev–Trinajstić information content (AvgIpc) is 2.28. The Morgan fingerprint density at radius 2 is 2.38 bits per heavy atom. The van der Waals surface area contributed by atoms with E-state index in [1.807, 2.05) is 0 Å². The van der Waals surface area contributed by atoms with Crippen molar-refractivity contribution in [3.05, 3.63) is 22.7 Å². The van der Waals surface area contributed by atoms with Crippen molar-refractivity contribution in [1.82, 2.24) is 9.97 Å². The molecule has 0 aliphatic heterocycles. The van der Waals surface area contributed by atoms with Crippen molar-refractivity contribution in [2.24, 2.45) is 5.92 Å². The number of nitrogens with one attached hydrogen (secondary N) is 1. The van der Waals surface area contributed by atoms with Crippen molar-refractivity contribution >= 4 is 11.8 Å². The molecule has 1 heterocycles. The second-order valence-electron chi connectivity index (χ2n) is 3.55. The van der Waals surface area contributed by atoms with Crippen LogP contribution in [0.2, 0.25) is 0 Å². The third-order valence-corrected chi connectivity index (χ3v) is 2.20. The molecule has 0 bridgehead atoms. The summed E-state index contributed by atoms with van der Waals surface area (Å²) in [7, 11) is 3.05. The molecule has 88 valence electrons. The number of carbonyl (C=O) groups is 1. The molecule has 0 amide bonds. The Kier molecular flexibility index (Phi) is 4.04. The van der Waals surface area contributed by atoms with Gasteiger partial charge in [-0.15, -0.1) is 0 Å². The summed E-state index contributed by atoms with van der Waals surface area (Å²) in [5, 5.41) is 0. The first-order valence-electron chi connectivity index (χ1n) is 4.89. The van der Waals surface area contributed by atoms with Crippen LogP contribution in [-0.2, 0) is 9.53 Å². The van der Waals surface area contributed by atoms with Crippen molar-refractivity contribution in [1.29, 1.82) is 0 Å². The molecule has 0 saturated carbocycles. The molecule has 0 aromatic carbocycles. The number of H-pyrrole nitrogens is 1. The van der Waals surface area contributed by atoms with Crippen molar-refractivity contribution in [2.45, 2.75) is 6.92 Å². The second kappa shape index (κ2) is 5.29. The summed E-state index contributed by atoms with van der Waals surface area (Å²) in [6.07, 6.45) is 2.96. The number of aromatic nitrogens is 2. The van der Waals surface area contributed by atoms with E-state index in [-0.39, 0.29) is 17.4 Å². The molecule has 0 fully saturated rings. The molecule has 6 heteroatoms. The Labute approximate surface area is 93.3 Å². The number of aromatic amines is 1. The monoisotopic (exact) mass is 225 g/mol. The smallest absolute Gasteiger partial charge is 0.310 e. The standard InChI is InChI=1S/C10H15N3O3/c1-7(10(15)16-3)6-13(2)8-9(14)12-5-4-11-8/h4-5,7H,6H2,1-3H3,(H,12,14). The molecular weight excluding hydrogens is 210 g/mol. The maximum Gasteiger partial charge on any atom is 0.310 e. The van der Waals surface area contributed by atoms with Gasteiger partial charge in [0.1, 0.15) is 0 Å². The maximum absolute atomic E-state index is 11.4. The van der Waals surface area contributed by atoms with Gasteiger partial charge in [-0.25, -0.2) is 4.98 Å².